The highest BCUT2D eigenvalue weighted by Crippen LogP contribution is 2.31. The van der Waals surface area contributed by atoms with E-state index in [0.29, 0.717) is 12.3 Å². The second-order valence-electron chi connectivity index (χ2n) is 5.62. The van der Waals surface area contributed by atoms with Gasteiger partial charge in [-0.2, -0.15) is 0 Å². The fourth-order valence-corrected chi connectivity index (χ4v) is 3.23. The molecule has 0 aliphatic heterocycles. The Morgan fingerprint density at radius 2 is 1.86 bits per heavy atom. The van der Waals surface area contributed by atoms with Crippen molar-refractivity contribution in [3.8, 4) is 0 Å². The van der Waals surface area contributed by atoms with Crippen LogP contribution < -0.4 is 5.32 Å². The van der Waals surface area contributed by atoms with Gasteiger partial charge < -0.3 is 10.1 Å². The maximum atomic E-state index is 12.6. The van der Waals surface area contributed by atoms with Crippen molar-refractivity contribution < 1.29 is 14.3 Å². The summed E-state index contributed by atoms with van der Waals surface area (Å²) in [5, 5.41) is 2.85. The first-order chi connectivity index (χ1) is 10.6. The van der Waals surface area contributed by atoms with Gasteiger partial charge in [0.2, 0.25) is 5.91 Å². The molecule has 1 aromatic rings. The second kappa shape index (κ2) is 8.32. The third-order valence-corrected chi connectivity index (χ3v) is 4.58. The van der Waals surface area contributed by atoms with Gasteiger partial charge in [0.25, 0.3) is 0 Å². The van der Waals surface area contributed by atoms with E-state index in [1.807, 2.05) is 24.3 Å². The van der Waals surface area contributed by atoms with Crippen LogP contribution in [-0.2, 0) is 14.3 Å². The monoisotopic (exact) mass is 367 g/mol. The average molecular weight is 368 g/mol. The van der Waals surface area contributed by atoms with Crippen molar-refractivity contribution in [2.24, 2.45) is 11.8 Å². The number of halogens is 1. The van der Waals surface area contributed by atoms with Crippen LogP contribution in [0, 0.1) is 11.8 Å². The molecule has 0 bridgehead atoms. The highest BCUT2D eigenvalue weighted by atomic mass is 79.9. The summed E-state index contributed by atoms with van der Waals surface area (Å²) in [4.78, 5) is 24.8. The highest BCUT2D eigenvalue weighted by Gasteiger charge is 2.36. The smallest absolute Gasteiger partial charge is 0.318 e. The zero-order chi connectivity index (χ0) is 15.9. The maximum absolute atomic E-state index is 12.6. The molecule has 1 amide bonds. The Labute approximate surface area is 139 Å². The lowest BCUT2D eigenvalue weighted by Crippen LogP contribution is -2.37. The Kier molecular flexibility index (Phi) is 6.43. The number of hydrogen-bond donors (Lipinski definition) is 1. The van der Waals surface area contributed by atoms with E-state index in [1.165, 1.54) is 6.42 Å². The molecule has 0 saturated heterocycles. The van der Waals surface area contributed by atoms with Gasteiger partial charge in [0.05, 0.1) is 6.61 Å². The van der Waals surface area contributed by atoms with Crippen LogP contribution in [0.2, 0.25) is 0 Å². The third kappa shape index (κ3) is 4.57. The fraction of sp³-hybridized carbons (Fsp3) is 0.529. The first-order valence-corrected chi connectivity index (χ1v) is 8.64. The predicted molar refractivity (Wildman–Crippen MR) is 89.5 cm³/mol. The largest absolute Gasteiger partial charge is 0.465 e. The van der Waals surface area contributed by atoms with Crippen molar-refractivity contribution in [2.75, 3.05) is 11.9 Å². The topological polar surface area (TPSA) is 55.4 Å². The van der Waals surface area contributed by atoms with Crippen LogP contribution in [0.3, 0.4) is 0 Å². The number of rotatable bonds is 5. The molecular formula is C17H22BrNO3. The Morgan fingerprint density at radius 3 is 2.45 bits per heavy atom. The molecule has 0 unspecified atom stereocenters. The van der Waals surface area contributed by atoms with Gasteiger partial charge >= 0.3 is 5.97 Å². The lowest BCUT2D eigenvalue weighted by Gasteiger charge is -2.27. The van der Waals surface area contributed by atoms with E-state index < -0.39 is 11.9 Å². The Morgan fingerprint density at radius 1 is 1.23 bits per heavy atom. The minimum absolute atomic E-state index is 0.0863. The molecule has 5 heteroatoms. The average Bonchev–Trinajstić information content (AvgIpc) is 2.51. The zero-order valence-electron chi connectivity index (χ0n) is 12.8. The summed E-state index contributed by atoms with van der Waals surface area (Å²) in [6.07, 6.45) is 5.16. The molecule has 1 aliphatic rings. The van der Waals surface area contributed by atoms with Gasteiger partial charge in [-0.25, -0.2) is 0 Å². The van der Waals surface area contributed by atoms with Gasteiger partial charge in [-0.1, -0.05) is 35.2 Å². The Bertz CT molecular complexity index is 509. The number of carbonyl (C=O) groups is 2. The number of esters is 1. The van der Waals surface area contributed by atoms with Gasteiger partial charge in [0.15, 0.2) is 0 Å². The van der Waals surface area contributed by atoms with E-state index in [-0.39, 0.29) is 11.8 Å². The Hall–Kier alpha value is -1.36. The first kappa shape index (κ1) is 17.0. The van der Waals surface area contributed by atoms with Crippen LogP contribution in [0.15, 0.2) is 28.7 Å². The minimum Gasteiger partial charge on any atom is -0.465 e. The van der Waals surface area contributed by atoms with E-state index in [0.717, 1.165) is 30.2 Å². The van der Waals surface area contributed by atoms with Crippen LogP contribution in [0.1, 0.15) is 39.0 Å². The van der Waals surface area contributed by atoms with Crippen LogP contribution in [0.5, 0.6) is 0 Å². The van der Waals surface area contributed by atoms with Crippen LogP contribution >= 0.6 is 15.9 Å². The molecule has 1 fully saturated rings. The van der Waals surface area contributed by atoms with Crippen LogP contribution in [0.4, 0.5) is 5.69 Å². The van der Waals surface area contributed by atoms with Crippen molar-refractivity contribution in [2.45, 2.75) is 39.0 Å². The standard InChI is InChI=1S/C17H22BrNO3/c1-2-22-17(21)15(12-6-4-3-5-7-12)16(20)19-14-10-8-13(18)9-11-14/h8-12,15H,2-7H2,1H3,(H,19,20)/t15-/m1/s1. The number of anilines is 1. The van der Waals surface area contributed by atoms with Gasteiger partial charge in [0, 0.05) is 10.2 Å². The number of amides is 1. The number of nitrogens with one attached hydrogen (secondary N) is 1. The molecule has 1 aliphatic carbocycles. The van der Waals surface area contributed by atoms with Gasteiger partial charge in [-0.3, -0.25) is 9.59 Å². The molecule has 4 nitrogen and oxygen atoms in total. The SMILES string of the molecule is CCOC(=O)[C@@H](C(=O)Nc1ccc(Br)cc1)C1CCCCC1. The van der Waals surface area contributed by atoms with E-state index in [2.05, 4.69) is 21.2 Å². The van der Waals surface area contributed by atoms with E-state index >= 15 is 0 Å². The second-order valence-corrected chi connectivity index (χ2v) is 6.54. The predicted octanol–water partition coefficient (Wildman–Crippen LogP) is 4.15. The number of hydrogen-bond acceptors (Lipinski definition) is 3. The quantitative estimate of drug-likeness (QED) is 0.628. The molecule has 1 N–H and O–H groups in total. The molecular weight excluding hydrogens is 346 g/mol. The molecule has 1 saturated carbocycles. The summed E-state index contributed by atoms with van der Waals surface area (Å²) in [6.45, 7) is 2.07. The van der Waals surface area contributed by atoms with Gasteiger partial charge in [-0.15, -0.1) is 0 Å². The summed E-state index contributed by atoms with van der Waals surface area (Å²) in [7, 11) is 0. The van der Waals surface area contributed by atoms with Crippen LogP contribution in [-0.4, -0.2) is 18.5 Å². The molecule has 0 aromatic heterocycles. The minimum atomic E-state index is -0.705. The molecule has 120 valence electrons. The van der Waals surface area contributed by atoms with Crippen LogP contribution in [0.25, 0.3) is 0 Å². The summed E-state index contributed by atoms with van der Waals surface area (Å²) in [5.74, 6) is -1.27. The summed E-state index contributed by atoms with van der Waals surface area (Å²) >= 11 is 3.36. The summed E-state index contributed by atoms with van der Waals surface area (Å²) < 4.78 is 6.07. The summed E-state index contributed by atoms with van der Waals surface area (Å²) in [6, 6.07) is 7.33. The Balaban J connectivity index is 2.10. The van der Waals surface area contributed by atoms with Crippen molar-refractivity contribution in [1.29, 1.82) is 0 Å². The number of ether oxygens (including phenoxy) is 1. The van der Waals surface area contributed by atoms with E-state index in [9.17, 15) is 9.59 Å². The molecule has 0 heterocycles. The maximum Gasteiger partial charge on any atom is 0.318 e. The molecule has 22 heavy (non-hydrogen) atoms. The number of carbonyl (C=O) groups excluding carboxylic acids is 2. The highest BCUT2D eigenvalue weighted by molar-refractivity contribution is 9.10. The van der Waals surface area contributed by atoms with Gasteiger partial charge in [-0.05, 0) is 49.9 Å². The van der Waals surface area contributed by atoms with Crippen molar-refractivity contribution in [3.63, 3.8) is 0 Å². The number of benzene rings is 1. The lowest BCUT2D eigenvalue weighted by atomic mass is 9.79. The normalized spacial score (nSPS) is 16.8. The lowest BCUT2D eigenvalue weighted by molar-refractivity contribution is -0.153. The zero-order valence-corrected chi connectivity index (χ0v) is 14.4. The van der Waals surface area contributed by atoms with Crippen molar-refractivity contribution >= 4 is 33.5 Å². The first-order valence-electron chi connectivity index (χ1n) is 7.85. The van der Waals surface area contributed by atoms with Crippen molar-refractivity contribution in [1.82, 2.24) is 0 Å². The molecule has 0 radical (unpaired) electrons. The third-order valence-electron chi connectivity index (χ3n) is 4.06. The van der Waals surface area contributed by atoms with Crippen molar-refractivity contribution in [3.05, 3.63) is 28.7 Å². The van der Waals surface area contributed by atoms with E-state index in [4.69, 9.17) is 4.74 Å². The molecule has 1 aromatic carbocycles. The van der Waals surface area contributed by atoms with Gasteiger partial charge in [0.1, 0.15) is 5.92 Å². The van der Waals surface area contributed by atoms with E-state index in [1.54, 1.807) is 6.92 Å². The molecule has 0 spiro atoms. The fourth-order valence-electron chi connectivity index (χ4n) is 2.97. The summed E-state index contributed by atoms with van der Waals surface area (Å²) in [5.41, 5.74) is 0.693. The molecule has 2 rings (SSSR count). The molecule has 1 atom stereocenters.